The Morgan fingerprint density at radius 2 is 1.66 bits per heavy atom. The van der Waals surface area contributed by atoms with Gasteiger partial charge in [0.15, 0.2) is 5.65 Å². The minimum Gasteiger partial charge on any atom is -0.467 e. The van der Waals surface area contributed by atoms with Crippen molar-refractivity contribution in [2.24, 2.45) is 0 Å². The second-order valence-electron chi connectivity index (χ2n) is 15.0. The number of hydrogen-bond acceptors (Lipinski definition) is 13. The van der Waals surface area contributed by atoms with Crippen LogP contribution in [0.1, 0.15) is 76.0 Å². The van der Waals surface area contributed by atoms with Crippen molar-refractivity contribution in [1.82, 2.24) is 44.8 Å². The summed E-state index contributed by atoms with van der Waals surface area (Å²) in [6, 6.07) is 16.7. The molecule has 1 atom stereocenters. The molecule has 0 saturated carbocycles. The van der Waals surface area contributed by atoms with Crippen molar-refractivity contribution in [2.45, 2.75) is 76.8 Å². The van der Waals surface area contributed by atoms with Gasteiger partial charge >= 0.3 is 0 Å². The number of aromatic nitrogens is 7. The Bertz CT molecular complexity index is 2460. The fourth-order valence-corrected chi connectivity index (χ4v) is 7.83. The van der Waals surface area contributed by atoms with Crippen molar-refractivity contribution in [1.29, 1.82) is 0 Å². The van der Waals surface area contributed by atoms with E-state index in [9.17, 15) is 19.2 Å². The third kappa shape index (κ3) is 9.08. The van der Waals surface area contributed by atoms with E-state index in [2.05, 4.69) is 70.6 Å². The Kier molecular flexibility index (Phi) is 12.2. The maximum absolute atomic E-state index is 13.4. The zero-order chi connectivity index (χ0) is 40.6. The van der Waals surface area contributed by atoms with Gasteiger partial charge < -0.3 is 24.9 Å². The lowest BCUT2D eigenvalue weighted by molar-refractivity contribution is -0.136. The molecule has 0 aliphatic carbocycles. The third-order valence-electron chi connectivity index (χ3n) is 11.1. The number of carbonyl (C=O) groups is 3. The number of fused-ring (bicyclic) bond motifs is 2. The Morgan fingerprint density at radius 3 is 2.44 bits per heavy atom. The molecule has 6 heterocycles. The third-order valence-corrected chi connectivity index (χ3v) is 11.1. The van der Waals surface area contributed by atoms with Crippen molar-refractivity contribution in [3.05, 3.63) is 89.5 Å². The van der Waals surface area contributed by atoms with Crippen LogP contribution in [-0.2, 0) is 20.9 Å². The zero-order valence-electron chi connectivity index (χ0n) is 32.9. The van der Waals surface area contributed by atoms with Gasteiger partial charge in [-0.15, -0.1) is 15.3 Å². The molecule has 2 aromatic carbocycles. The van der Waals surface area contributed by atoms with E-state index >= 15 is 0 Å². The maximum Gasteiger partial charge on any atom is 0.280 e. The van der Waals surface area contributed by atoms with Crippen LogP contribution in [0, 0.1) is 0 Å². The predicted molar refractivity (Wildman–Crippen MR) is 222 cm³/mol. The van der Waals surface area contributed by atoms with Crippen LogP contribution in [0.2, 0.25) is 0 Å². The number of amides is 3. The predicted octanol–water partition coefficient (Wildman–Crippen LogP) is 4.96. The summed E-state index contributed by atoms with van der Waals surface area (Å²) in [4.78, 5) is 59.3. The first-order valence-corrected chi connectivity index (χ1v) is 20.5. The average molecular weight is 801 g/mol. The van der Waals surface area contributed by atoms with Crippen LogP contribution >= 0.6 is 0 Å². The standard InChI is InChI=1S/C42H48N12O5/c55-36-19-18-35(40(57)47-36)54-41(58)38-33(11-8-12-34(38)48-50-54)43-20-7-5-3-1-2-4-6-13-37(56)52-23-21-51(22-24-52)30-16-14-29(15-17-30)32-27-45-42(53-28-46-49-39(32)53)44-26-31-10-9-25-59-31/h8-12,14-17,25,27-28,35,43H,1-7,13,18-24,26H2,(H,44,45)(H,47,55,57). The van der Waals surface area contributed by atoms with Gasteiger partial charge in [0.1, 0.15) is 23.6 Å². The Balaban J connectivity index is 0.712. The highest BCUT2D eigenvalue weighted by Gasteiger charge is 2.30. The van der Waals surface area contributed by atoms with Crippen LogP contribution in [0.4, 0.5) is 17.3 Å². The summed E-state index contributed by atoms with van der Waals surface area (Å²) in [7, 11) is 0. The van der Waals surface area contributed by atoms with Gasteiger partial charge in [0.25, 0.3) is 11.5 Å². The van der Waals surface area contributed by atoms with Gasteiger partial charge in [-0.25, -0.2) is 4.98 Å². The first-order valence-electron chi connectivity index (χ1n) is 20.5. The summed E-state index contributed by atoms with van der Waals surface area (Å²) in [6.45, 7) is 4.21. The lowest BCUT2D eigenvalue weighted by Gasteiger charge is -2.36. The average Bonchev–Trinajstić information content (AvgIpc) is 3.98. The van der Waals surface area contributed by atoms with Crippen LogP contribution in [0.25, 0.3) is 27.7 Å². The number of rotatable bonds is 17. The number of anilines is 3. The molecule has 4 aromatic heterocycles. The number of piperazine rings is 1. The van der Waals surface area contributed by atoms with Crippen LogP contribution in [0.3, 0.4) is 0 Å². The van der Waals surface area contributed by atoms with E-state index in [-0.39, 0.29) is 24.7 Å². The zero-order valence-corrected chi connectivity index (χ0v) is 32.9. The smallest absolute Gasteiger partial charge is 0.280 e. The highest BCUT2D eigenvalue weighted by Crippen LogP contribution is 2.28. The minimum absolute atomic E-state index is 0.149. The first-order chi connectivity index (χ1) is 28.9. The maximum atomic E-state index is 13.4. The molecule has 8 rings (SSSR count). The molecular weight excluding hydrogens is 753 g/mol. The lowest BCUT2D eigenvalue weighted by atomic mass is 10.1. The summed E-state index contributed by atoms with van der Waals surface area (Å²) >= 11 is 0. The number of hydrogen-bond donors (Lipinski definition) is 3. The molecule has 0 spiro atoms. The molecule has 2 aliphatic rings. The highest BCUT2D eigenvalue weighted by atomic mass is 16.3. The topological polar surface area (TPSA) is 198 Å². The Morgan fingerprint density at radius 1 is 0.864 bits per heavy atom. The summed E-state index contributed by atoms with van der Waals surface area (Å²) in [6.07, 6.45) is 13.3. The van der Waals surface area contributed by atoms with E-state index in [0.29, 0.717) is 60.8 Å². The summed E-state index contributed by atoms with van der Waals surface area (Å²) in [5, 5.41) is 26.0. The number of nitrogens with zero attached hydrogens (tertiary/aromatic N) is 9. The van der Waals surface area contributed by atoms with E-state index in [1.807, 2.05) is 39.8 Å². The SMILES string of the molecule is O=C1CCC(n2nnc3cccc(NCCCCCCCCCC(=O)N4CCN(c5ccc(-c6cnc(NCc7ccco7)n7cnnc67)cc5)CC4)c3c2=O)C(=O)N1. The van der Waals surface area contributed by atoms with E-state index in [1.165, 1.54) is 0 Å². The van der Waals surface area contributed by atoms with Gasteiger partial charge in [-0.2, -0.15) is 4.68 Å². The van der Waals surface area contributed by atoms with Gasteiger partial charge in [-0.3, -0.25) is 28.9 Å². The molecule has 2 fully saturated rings. The molecule has 0 radical (unpaired) electrons. The van der Waals surface area contributed by atoms with Crippen molar-refractivity contribution >= 4 is 51.6 Å². The second kappa shape index (κ2) is 18.3. The van der Waals surface area contributed by atoms with Crippen molar-refractivity contribution in [2.75, 3.05) is 48.3 Å². The van der Waals surface area contributed by atoms with Gasteiger partial charge in [0, 0.05) is 68.7 Å². The number of benzene rings is 2. The summed E-state index contributed by atoms with van der Waals surface area (Å²) in [5.74, 6) is 0.795. The first kappa shape index (κ1) is 39.2. The van der Waals surface area contributed by atoms with E-state index in [0.717, 1.165) is 85.3 Å². The number of unbranched alkanes of at least 4 members (excludes halogenated alkanes) is 6. The van der Waals surface area contributed by atoms with Crippen molar-refractivity contribution < 1.29 is 18.8 Å². The number of piperidine rings is 1. The number of imide groups is 1. The molecule has 2 aliphatic heterocycles. The number of furan rings is 1. The van der Waals surface area contributed by atoms with Gasteiger partial charge in [-0.05, 0) is 61.2 Å². The van der Waals surface area contributed by atoms with E-state index in [4.69, 9.17) is 4.42 Å². The summed E-state index contributed by atoms with van der Waals surface area (Å²) < 4.78 is 8.35. The van der Waals surface area contributed by atoms with E-state index < -0.39 is 17.5 Å². The minimum atomic E-state index is -0.860. The molecule has 3 N–H and O–H groups in total. The molecule has 0 bridgehead atoms. The quantitative estimate of drug-likeness (QED) is 0.0828. The molecule has 59 heavy (non-hydrogen) atoms. The fourth-order valence-electron chi connectivity index (χ4n) is 7.83. The van der Waals surface area contributed by atoms with Crippen LogP contribution in [0.5, 0.6) is 0 Å². The van der Waals surface area contributed by atoms with Crippen LogP contribution in [-0.4, -0.2) is 89.9 Å². The van der Waals surface area contributed by atoms with Crippen molar-refractivity contribution in [3.8, 4) is 11.1 Å². The van der Waals surface area contributed by atoms with Crippen molar-refractivity contribution in [3.63, 3.8) is 0 Å². The molecule has 306 valence electrons. The normalized spacial score (nSPS) is 15.8. The molecule has 3 amide bonds. The van der Waals surface area contributed by atoms with Gasteiger partial charge in [0.05, 0.1) is 18.2 Å². The highest BCUT2D eigenvalue weighted by molar-refractivity contribution is 5.99. The lowest BCUT2D eigenvalue weighted by Crippen LogP contribution is -2.48. The Labute approximate surface area is 340 Å². The summed E-state index contributed by atoms with van der Waals surface area (Å²) in [5.41, 5.74) is 4.43. The van der Waals surface area contributed by atoms with Gasteiger partial charge in [-0.1, -0.05) is 55.5 Å². The Hall–Kier alpha value is -6.65. The van der Waals surface area contributed by atoms with Crippen LogP contribution < -0.4 is 26.4 Å². The van der Waals surface area contributed by atoms with Crippen LogP contribution in [0.15, 0.2) is 82.6 Å². The second-order valence-corrected chi connectivity index (χ2v) is 15.0. The molecule has 2 saturated heterocycles. The molecular formula is C42H48N12O5. The largest absolute Gasteiger partial charge is 0.467 e. The number of nitrogens with one attached hydrogen (secondary N) is 3. The fraction of sp³-hybridized carbons (Fsp3) is 0.405. The monoisotopic (exact) mass is 800 g/mol. The van der Waals surface area contributed by atoms with Gasteiger partial charge in [0.2, 0.25) is 17.8 Å². The molecule has 17 heteroatoms. The molecule has 1 unspecified atom stereocenters. The number of carbonyl (C=O) groups excluding carboxylic acids is 3. The molecule has 6 aromatic rings. The molecule has 17 nitrogen and oxygen atoms in total. The van der Waals surface area contributed by atoms with E-state index in [1.54, 1.807) is 18.7 Å².